The van der Waals surface area contributed by atoms with Crippen molar-refractivity contribution in [1.29, 1.82) is 0 Å². The summed E-state index contributed by atoms with van der Waals surface area (Å²) in [5.74, 6) is -15.3. The number of guanidine groups is 1. The molecule has 115 heavy (non-hydrogen) atoms. The molecule has 9 amide bonds. The maximum atomic E-state index is 15.0. The third kappa shape index (κ3) is 33.0. The van der Waals surface area contributed by atoms with E-state index in [0.717, 1.165) is 30.2 Å². The molecule has 6 rings (SSSR count). The summed E-state index contributed by atoms with van der Waals surface area (Å²) in [5, 5.41) is 105. The summed E-state index contributed by atoms with van der Waals surface area (Å²) in [6, 6.07) is 6.92. The Morgan fingerprint density at radius 3 is 1.39 bits per heavy atom. The number of aromatic amines is 1. The van der Waals surface area contributed by atoms with Gasteiger partial charge in [0.1, 0.15) is 65.9 Å². The number of hydrogen-bond acceptors (Lipinski definition) is 22. The van der Waals surface area contributed by atoms with E-state index in [4.69, 9.17) is 11.5 Å². The van der Waals surface area contributed by atoms with E-state index < -0.39 is 183 Å². The van der Waals surface area contributed by atoms with Crippen LogP contribution < -0.4 is 59.3 Å². The van der Waals surface area contributed by atoms with Gasteiger partial charge < -0.3 is 105 Å². The number of H-pyrrole nitrogens is 1. The molecule has 2 heterocycles. The lowest BCUT2D eigenvalue weighted by atomic mass is 9.84. The number of aromatic hydroxyl groups is 1. The Labute approximate surface area is 665 Å². The number of aliphatic hydroxyl groups excluding tert-OH is 3. The Kier molecular flexibility index (Phi) is 38.1. The molecule has 1 saturated heterocycles. The van der Waals surface area contributed by atoms with E-state index in [0.29, 0.717) is 29.5 Å². The van der Waals surface area contributed by atoms with Gasteiger partial charge >= 0.3 is 23.9 Å². The Morgan fingerprint density at radius 2 is 0.896 bits per heavy atom. The first kappa shape index (κ1) is 92.5. The van der Waals surface area contributed by atoms with Crippen molar-refractivity contribution in [2.75, 3.05) is 98.3 Å². The summed E-state index contributed by atoms with van der Waals surface area (Å²) in [4.78, 5) is 193. The second-order valence-corrected chi connectivity index (χ2v) is 29.3. The number of carboxylic acid groups (broad SMARTS) is 4. The first-order valence-corrected chi connectivity index (χ1v) is 38.3. The number of aliphatic imine (C=N–C) groups is 1. The van der Waals surface area contributed by atoms with Crippen LogP contribution in [0.15, 0.2) is 102 Å². The lowest BCUT2D eigenvalue weighted by Crippen LogP contribution is -2.61. The zero-order valence-electron chi connectivity index (χ0n) is 64.7. The minimum Gasteiger partial charge on any atom is -0.511 e. The number of aromatic nitrogens is 1. The topological polar surface area (TPSA) is 585 Å². The number of carboxylic acids is 4. The fraction of sp³-hybridized carbons (Fsp3) is 0.532. The number of aliphatic hydroxyl groups is 3. The number of amides is 9. The van der Waals surface area contributed by atoms with Crippen molar-refractivity contribution in [3.05, 3.63) is 114 Å². The van der Waals surface area contributed by atoms with Gasteiger partial charge in [-0.05, 0) is 72.4 Å². The zero-order valence-corrected chi connectivity index (χ0v) is 64.7. The highest BCUT2D eigenvalue weighted by Gasteiger charge is 2.38. The third-order valence-corrected chi connectivity index (χ3v) is 19.6. The fourth-order valence-corrected chi connectivity index (χ4v) is 13.5. The molecule has 0 radical (unpaired) electrons. The van der Waals surface area contributed by atoms with Crippen molar-refractivity contribution in [1.82, 2.24) is 72.4 Å². The highest BCUT2D eigenvalue weighted by atomic mass is 16.4. The van der Waals surface area contributed by atoms with Gasteiger partial charge in [0.05, 0.1) is 45.8 Å². The molecule has 2 fully saturated rings. The summed E-state index contributed by atoms with van der Waals surface area (Å²) >= 11 is 0. The number of para-hydroxylation sites is 1. The molecule has 0 spiro atoms. The number of phenolic OH excluding ortho intramolecular Hbond substituents is 1. The maximum absolute atomic E-state index is 15.0. The first-order valence-electron chi connectivity index (χ1n) is 38.3. The van der Waals surface area contributed by atoms with Gasteiger partial charge in [-0.3, -0.25) is 86.9 Å². The number of nitrogens with two attached hydrogens (primary N) is 2. The van der Waals surface area contributed by atoms with Gasteiger partial charge in [0.15, 0.2) is 5.96 Å². The molecular weight excluding hydrogens is 1500 g/mol. The number of carbonyl (C=O) groups excluding carboxylic acids is 9. The highest BCUT2D eigenvalue weighted by Crippen LogP contribution is 2.28. The summed E-state index contributed by atoms with van der Waals surface area (Å²) in [5.41, 5.74) is 13.4. The average molecular weight is 1610 g/mol. The maximum Gasteiger partial charge on any atom is 0.317 e. The van der Waals surface area contributed by atoms with Crippen molar-refractivity contribution in [3.8, 4) is 5.75 Å². The lowest BCUT2D eigenvalue weighted by molar-refractivity contribution is -0.141. The summed E-state index contributed by atoms with van der Waals surface area (Å²) < 4.78 is 0. The normalized spacial score (nSPS) is 16.6. The van der Waals surface area contributed by atoms with Crippen LogP contribution in [0.4, 0.5) is 0 Å². The number of phenols is 1. The van der Waals surface area contributed by atoms with Crippen molar-refractivity contribution in [2.45, 2.75) is 152 Å². The van der Waals surface area contributed by atoms with E-state index in [-0.39, 0.29) is 127 Å². The van der Waals surface area contributed by atoms with Gasteiger partial charge in [0, 0.05) is 95.3 Å². The summed E-state index contributed by atoms with van der Waals surface area (Å²) in [7, 11) is 0. The predicted octanol–water partition coefficient (Wildman–Crippen LogP) is -2.66. The molecule has 1 aliphatic carbocycles. The number of aliphatic carboxylic acids is 4. The quantitative estimate of drug-likeness (QED) is 0.00930. The van der Waals surface area contributed by atoms with E-state index in [1.54, 1.807) is 84.4 Å². The van der Waals surface area contributed by atoms with E-state index in [1.807, 2.05) is 0 Å². The van der Waals surface area contributed by atoms with Crippen LogP contribution in [-0.2, 0) is 81.6 Å². The molecule has 630 valence electrons. The number of nitrogens with zero attached hydrogens (tertiary/aromatic N) is 5. The molecule has 2 aliphatic rings. The van der Waals surface area contributed by atoms with Gasteiger partial charge in [0.2, 0.25) is 53.2 Å². The lowest BCUT2D eigenvalue weighted by Gasteiger charge is -2.33. The molecule has 4 aromatic rings. The molecular formula is C77H111N17O21. The Hall–Kier alpha value is -11.3. The van der Waals surface area contributed by atoms with E-state index in [9.17, 15) is 103 Å². The molecule has 0 bridgehead atoms. The molecule has 38 heteroatoms. The SMILES string of the molecule is C=C(O)[C@H](CO)NC(=O)[C@H](Cc1c[nH]c2ccccc12)NC(=O)[C@H](CC(C)C)NC(=O)[C@H](Cc1ccc(O)cc1)NC(=O)C(CCCN=C(N)N)NC(=O)C(CO)NC(=O)C(Cc1ccccc1)NC(=O)[C@H](CC1CCCCC1)NC(=O)[C@@H](CC(=O)O)NC(=O)CN1CCN(CC(=O)O)CCN(CC(=O)O)CCN(CC(=O)O)CC1. The van der Waals surface area contributed by atoms with Crippen molar-refractivity contribution in [3.63, 3.8) is 0 Å². The second kappa shape index (κ2) is 47.4. The van der Waals surface area contributed by atoms with Crippen LogP contribution in [0.5, 0.6) is 5.75 Å². The van der Waals surface area contributed by atoms with Crippen LogP contribution in [0.1, 0.15) is 94.7 Å². The molecule has 3 aromatic carbocycles. The minimum atomic E-state index is -1.88. The van der Waals surface area contributed by atoms with Crippen LogP contribution in [0, 0.1) is 11.8 Å². The van der Waals surface area contributed by atoms with Crippen LogP contribution >= 0.6 is 0 Å². The van der Waals surface area contributed by atoms with Gasteiger partial charge in [0.25, 0.3) is 0 Å². The first-order chi connectivity index (χ1) is 54.7. The predicted molar refractivity (Wildman–Crippen MR) is 419 cm³/mol. The minimum absolute atomic E-state index is 0.00134. The zero-order chi connectivity index (χ0) is 84.3. The van der Waals surface area contributed by atoms with Crippen molar-refractivity contribution in [2.24, 2.45) is 28.3 Å². The molecule has 1 aliphatic heterocycles. The van der Waals surface area contributed by atoms with Crippen LogP contribution in [0.25, 0.3) is 10.9 Å². The van der Waals surface area contributed by atoms with Gasteiger partial charge in [-0.15, -0.1) is 0 Å². The standard InChI is InChI=1S/C77H111N17O21/c1-46(2)33-56(70(109)88-60(74(113)89-62(44-95)47(3)97)37-51-39-81-54-18-11-10-17-53(51)54)84-71(110)59(36-50-20-22-52(98)23-21-50)85-69(108)55(19-12-24-80-77(78)79)83-76(115)63(45-96)90-73(112)58(35-49-15-8-5-9-16-49)86-72(111)57(34-48-13-6-4-7-14-48)87-75(114)61(38-65(100)101)82-64(99)40-91-25-27-92(41-66(102)103)29-31-94(43-68(106)107)32-30-93(28-26-91)42-67(104)105/h5,8-11,15-18,20-23,39,46,48,55-63,81,95-98H,3-4,6-7,12-14,19,24-38,40-45H2,1-2H3,(H,82,99)(H,83,115)(H,84,110)(H,85,108)(H,86,111)(H,87,114)(H,88,109)(H,89,113)(H,90,112)(H,100,101)(H,102,103)(H,104,105)(H,106,107)(H4,78,79,80)/t55?,56-,57-,58?,59-,60-,61+,62-,63?/m0/s1. The number of rotatable bonds is 44. The Morgan fingerprint density at radius 1 is 0.478 bits per heavy atom. The highest BCUT2D eigenvalue weighted by molar-refractivity contribution is 5.99. The van der Waals surface area contributed by atoms with E-state index in [2.05, 4.69) is 64.4 Å². The molecule has 9 atom stereocenters. The van der Waals surface area contributed by atoms with E-state index in [1.165, 1.54) is 34.1 Å². The number of hydrogen-bond donors (Lipinski definition) is 20. The third-order valence-electron chi connectivity index (χ3n) is 19.6. The molecule has 38 nitrogen and oxygen atoms in total. The average Bonchev–Trinajstić information content (AvgIpc) is 1.64. The fourth-order valence-electron chi connectivity index (χ4n) is 13.5. The molecule has 1 aromatic heterocycles. The summed E-state index contributed by atoms with van der Waals surface area (Å²) in [6.45, 7) is 3.61. The Bertz CT molecular complexity index is 3940. The van der Waals surface area contributed by atoms with E-state index >= 15 is 0 Å². The Balaban J connectivity index is 1.24. The molecule has 22 N–H and O–H groups in total. The van der Waals surface area contributed by atoms with Crippen molar-refractivity contribution >= 4 is 93.9 Å². The number of fused-ring (bicyclic) bond motifs is 1. The number of benzene rings is 3. The number of nitrogens with one attached hydrogen (secondary N) is 10. The molecule has 3 unspecified atom stereocenters. The van der Waals surface area contributed by atoms with Crippen LogP contribution in [-0.4, -0.2) is 301 Å². The second-order valence-electron chi connectivity index (χ2n) is 29.3. The molecule has 1 saturated carbocycles. The van der Waals surface area contributed by atoms with Gasteiger partial charge in [-0.2, -0.15) is 0 Å². The number of carbonyl (C=O) groups is 13. The summed E-state index contributed by atoms with van der Waals surface area (Å²) in [6.07, 6.45) is 3.31. The smallest absolute Gasteiger partial charge is 0.317 e. The largest absolute Gasteiger partial charge is 0.511 e. The van der Waals surface area contributed by atoms with Gasteiger partial charge in [-0.1, -0.05) is 113 Å². The van der Waals surface area contributed by atoms with Crippen LogP contribution in [0.3, 0.4) is 0 Å². The van der Waals surface area contributed by atoms with Gasteiger partial charge in [-0.25, -0.2) is 0 Å². The van der Waals surface area contributed by atoms with Crippen molar-refractivity contribution < 1.29 is 103 Å². The monoisotopic (exact) mass is 1610 g/mol. The van der Waals surface area contributed by atoms with Crippen LogP contribution in [0.2, 0.25) is 0 Å².